The Morgan fingerprint density at radius 2 is 2.00 bits per heavy atom. The number of hydrogen-bond donors (Lipinski definition) is 0. The highest BCUT2D eigenvalue weighted by Gasteiger charge is 2.23. The zero-order valence-corrected chi connectivity index (χ0v) is 13.9. The molecular weight excluding hydrogens is 304 g/mol. The fourth-order valence-electron chi connectivity index (χ4n) is 2.75. The van der Waals surface area contributed by atoms with Crippen LogP contribution in [0.15, 0.2) is 47.5 Å². The van der Waals surface area contributed by atoms with Crippen molar-refractivity contribution in [3.8, 4) is 17.0 Å². The summed E-state index contributed by atoms with van der Waals surface area (Å²) in [6.45, 7) is 2.08. The zero-order valence-electron chi connectivity index (χ0n) is 13.0. The third-order valence-electron chi connectivity index (χ3n) is 4.01. The first-order chi connectivity index (χ1) is 11.2. The molecule has 0 atom stereocenters. The van der Waals surface area contributed by atoms with Crippen LogP contribution in [-0.2, 0) is 6.42 Å². The molecule has 1 heterocycles. The van der Waals surface area contributed by atoms with Crippen molar-refractivity contribution in [1.29, 1.82) is 0 Å². The summed E-state index contributed by atoms with van der Waals surface area (Å²) in [5, 5.41) is 0.817. The number of thiazole rings is 1. The van der Waals surface area contributed by atoms with Gasteiger partial charge in [0.1, 0.15) is 5.75 Å². The number of hydrogen-bond acceptors (Lipinski definition) is 4. The predicted molar refractivity (Wildman–Crippen MR) is 95.3 cm³/mol. The molecule has 0 saturated carbocycles. The second-order valence-corrected chi connectivity index (χ2v) is 6.70. The van der Waals surface area contributed by atoms with Gasteiger partial charge in [-0.25, -0.2) is 9.98 Å². The van der Waals surface area contributed by atoms with Crippen LogP contribution in [0, 0.1) is 6.92 Å². The van der Waals surface area contributed by atoms with Crippen molar-refractivity contribution < 1.29 is 4.74 Å². The highest BCUT2D eigenvalue weighted by atomic mass is 32.1. The number of ether oxygens (including phenoxy) is 1. The van der Waals surface area contributed by atoms with Gasteiger partial charge in [0, 0.05) is 23.1 Å². The maximum Gasteiger partial charge on any atom is 0.209 e. The molecule has 0 radical (unpaired) electrons. The SMILES string of the molecule is COc1ccc2c(c1)Cc1sc(/N=C\c3ccc(C)cc3)nc1-2. The predicted octanol–water partition coefficient (Wildman–Crippen LogP) is 4.78. The first kappa shape index (κ1) is 14.2. The lowest BCUT2D eigenvalue weighted by Gasteiger charge is -2.03. The minimum atomic E-state index is 0.817. The Morgan fingerprint density at radius 3 is 2.78 bits per heavy atom. The first-order valence-corrected chi connectivity index (χ1v) is 8.32. The van der Waals surface area contributed by atoms with Crippen molar-refractivity contribution in [3.63, 3.8) is 0 Å². The van der Waals surface area contributed by atoms with Crippen molar-refractivity contribution in [2.75, 3.05) is 7.11 Å². The molecule has 0 aliphatic heterocycles. The Balaban J connectivity index is 1.61. The van der Waals surface area contributed by atoms with Crippen molar-refractivity contribution in [2.45, 2.75) is 13.3 Å². The number of nitrogens with zero attached hydrogens (tertiary/aromatic N) is 2. The molecule has 0 bridgehead atoms. The topological polar surface area (TPSA) is 34.5 Å². The van der Waals surface area contributed by atoms with E-state index in [1.165, 1.54) is 21.6 Å². The third-order valence-corrected chi connectivity index (χ3v) is 4.97. The van der Waals surface area contributed by atoms with Crippen molar-refractivity contribution in [3.05, 3.63) is 64.0 Å². The third kappa shape index (κ3) is 2.66. The normalized spacial score (nSPS) is 12.4. The van der Waals surface area contributed by atoms with Crippen molar-refractivity contribution in [2.24, 2.45) is 4.99 Å². The van der Waals surface area contributed by atoms with Gasteiger partial charge in [-0.1, -0.05) is 41.2 Å². The molecule has 3 aromatic rings. The summed E-state index contributed by atoms with van der Waals surface area (Å²) in [4.78, 5) is 10.5. The molecule has 3 nitrogen and oxygen atoms in total. The lowest BCUT2D eigenvalue weighted by Crippen LogP contribution is -1.86. The quantitative estimate of drug-likeness (QED) is 0.509. The molecule has 0 spiro atoms. The van der Waals surface area contributed by atoms with Crippen LogP contribution in [0.3, 0.4) is 0 Å². The van der Waals surface area contributed by atoms with E-state index in [-0.39, 0.29) is 0 Å². The minimum absolute atomic E-state index is 0.817. The zero-order chi connectivity index (χ0) is 15.8. The number of rotatable bonds is 3. The number of fused-ring (bicyclic) bond motifs is 3. The Labute approximate surface area is 139 Å². The van der Waals surface area contributed by atoms with E-state index in [4.69, 9.17) is 9.72 Å². The summed E-state index contributed by atoms with van der Waals surface area (Å²) in [6, 6.07) is 14.5. The maximum absolute atomic E-state index is 5.29. The van der Waals surface area contributed by atoms with E-state index in [0.717, 1.165) is 28.6 Å². The van der Waals surface area contributed by atoms with Crippen LogP contribution >= 0.6 is 11.3 Å². The van der Waals surface area contributed by atoms with E-state index in [1.807, 2.05) is 12.3 Å². The van der Waals surface area contributed by atoms with Crippen LogP contribution in [0.2, 0.25) is 0 Å². The molecule has 1 aliphatic rings. The van der Waals surface area contributed by atoms with Crippen LogP contribution in [0.25, 0.3) is 11.3 Å². The van der Waals surface area contributed by atoms with Gasteiger partial charge in [0.2, 0.25) is 5.13 Å². The number of methoxy groups -OCH3 is 1. The average Bonchev–Trinajstić information content (AvgIpc) is 3.10. The maximum atomic E-state index is 5.29. The highest BCUT2D eigenvalue weighted by Crippen LogP contribution is 2.42. The molecule has 0 saturated heterocycles. The standard InChI is InChI=1S/C19H16N2OS/c1-12-3-5-13(6-4-12)11-20-19-21-18-16-8-7-15(22-2)9-14(16)10-17(18)23-19/h3-9,11H,10H2,1-2H3/b20-11-. The fraction of sp³-hybridized carbons (Fsp3) is 0.158. The molecule has 1 aromatic heterocycles. The van der Waals surface area contributed by atoms with Gasteiger partial charge in [-0.05, 0) is 36.2 Å². The molecule has 0 amide bonds. The van der Waals surface area contributed by atoms with Crippen LogP contribution in [-0.4, -0.2) is 18.3 Å². The van der Waals surface area contributed by atoms with Crippen LogP contribution in [0.1, 0.15) is 21.6 Å². The highest BCUT2D eigenvalue weighted by molar-refractivity contribution is 7.15. The fourth-order valence-corrected chi connectivity index (χ4v) is 3.70. The molecular formula is C19H16N2OS. The molecule has 0 N–H and O–H groups in total. The Bertz CT molecular complexity index is 894. The Hall–Kier alpha value is -2.46. The summed E-state index contributed by atoms with van der Waals surface area (Å²) < 4.78 is 5.29. The summed E-state index contributed by atoms with van der Waals surface area (Å²) in [6.07, 6.45) is 2.79. The number of aryl methyl sites for hydroxylation is 1. The molecule has 1 aliphatic carbocycles. The van der Waals surface area contributed by atoms with Gasteiger partial charge >= 0.3 is 0 Å². The Kier molecular flexibility index (Phi) is 3.46. The van der Waals surface area contributed by atoms with Crippen LogP contribution in [0.4, 0.5) is 5.13 Å². The largest absolute Gasteiger partial charge is 0.497 e. The molecule has 2 aromatic carbocycles. The monoisotopic (exact) mass is 320 g/mol. The van der Waals surface area contributed by atoms with E-state index in [9.17, 15) is 0 Å². The summed E-state index contributed by atoms with van der Waals surface area (Å²) in [5.41, 5.74) is 5.91. The van der Waals surface area contributed by atoms with Gasteiger partial charge in [0.25, 0.3) is 0 Å². The van der Waals surface area contributed by atoms with E-state index in [2.05, 4.69) is 48.3 Å². The Morgan fingerprint density at radius 1 is 1.17 bits per heavy atom. The summed E-state index contributed by atoms with van der Waals surface area (Å²) in [7, 11) is 1.70. The molecule has 4 rings (SSSR count). The van der Waals surface area contributed by atoms with Crippen LogP contribution < -0.4 is 4.74 Å². The number of aliphatic imine (C=N–C) groups is 1. The van der Waals surface area contributed by atoms with E-state index in [0.29, 0.717) is 0 Å². The molecule has 114 valence electrons. The lowest BCUT2D eigenvalue weighted by atomic mass is 10.1. The van der Waals surface area contributed by atoms with Gasteiger partial charge in [0.15, 0.2) is 0 Å². The molecule has 4 heteroatoms. The average molecular weight is 320 g/mol. The van der Waals surface area contributed by atoms with Crippen molar-refractivity contribution >= 4 is 22.7 Å². The molecule has 0 unspecified atom stereocenters. The first-order valence-electron chi connectivity index (χ1n) is 7.50. The number of aromatic nitrogens is 1. The second kappa shape index (κ2) is 5.63. The van der Waals surface area contributed by atoms with Gasteiger partial charge in [-0.15, -0.1) is 0 Å². The molecule has 23 heavy (non-hydrogen) atoms. The van der Waals surface area contributed by atoms with E-state index < -0.39 is 0 Å². The van der Waals surface area contributed by atoms with Gasteiger partial charge in [-0.3, -0.25) is 0 Å². The van der Waals surface area contributed by atoms with E-state index in [1.54, 1.807) is 18.4 Å². The number of benzene rings is 2. The summed E-state index contributed by atoms with van der Waals surface area (Å²) >= 11 is 1.66. The molecule has 0 fully saturated rings. The van der Waals surface area contributed by atoms with Gasteiger partial charge in [0.05, 0.1) is 12.8 Å². The second-order valence-electron chi connectivity index (χ2n) is 5.64. The van der Waals surface area contributed by atoms with Gasteiger partial charge in [-0.2, -0.15) is 0 Å². The van der Waals surface area contributed by atoms with Gasteiger partial charge < -0.3 is 4.74 Å². The lowest BCUT2D eigenvalue weighted by molar-refractivity contribution is 0.414. The van der Waals surface area contributed by atoms with Crippen molar-refractivity contribution in [1.82, 2.24) is 4.98 Å². The van der Waals surface area contributed by atoms with Crippen LogP contribution in [0.5, 0.6) is 5.75 Å². The smallest absolute Gasteiger partial charge is 0.209 e. The van der Waals surface area contributed by atoms with E-state index >= 15 is 0 Å². The minimum Gasteiger partial charge on any atom is -0.497 e. The summed E-state index contributed by atoms with van der Waals surface area (Å²) in [5.74, 6) is 0.900.